The summed E-state index contributed by atoms with van der Waals surface area (Å²) in [6.45, 7) is 2.05. The zero-order valence-corrected chi connectivity index (χ0v) is 10.3. The molecule has 0 radical (unpaired) electrons. The summed E-state index contributed by atoms with van der Waals surface area (Å²) in [5.41, 5.74) is 3.95. The molecule has 0 saturated carbocycles. The topological polar surface area (TPSA) is 23.8 Å². The third-order valence-electron chi connectivity index (χ3n) is 2.70. The molecule has 2 aromatic carbocycles. The highest BCUT2D eigenvalue weighted by Gasteiger charge is 2.10. The molecule has 84 valence electrons. The van der Waals surface area contributed by atoms with Crippen molar-refractivity contribution < 1.29 is 0 Å². The van der Waals surface area contributed by atoms with Crippen LogP contribution < -0.4 is 0 Å². The van der Waals surface area contributed by atoms with Crippen LogP contribution in [0.3, 0.4) is 0 Å². The maximum absolute atomic E-state index is 8.73. The summed E-state index contributed by atoms with van der Waals surface area (Å²) in [6, 6.07) is 17.6. The quantitative estimate of drug-likeness (QED) is 0.723. The zero-order chi connectivity index (χ0) is 12.3. The highest BCUT2D eigenvalue weighted by atomic mass is 35.5. The Balaban J connectivity index is 2.27. The maximum atomic E-state index is 8.73. The van der Waals surface area contributed by atoms with Crippen molar-refractivity contribution in [3.05, 3.63) is 70.8 Å². The van der Waals surface area contributed by atoms with Crippen LogP contribution in [0.1, 0.15) is 27.6 Å². The molecule has 1 nitrogen and oxygen atoms in total. The third kappa shape index (κ3) is 2.67. The van der Waals surface area contributed by atoms with Gasteiger partial charge in [-0.25, -0.2) is 0 Å². The van der Waals surface area contributed by atoms with Crippen molar-refractivity contribution in [3.63, 3.8) is 0 Å². The summed E-state index contributed by atoms with van der Waals surface area (Å²) in [6.07, 6.45) is 0. The second-order valence-corrected chi connectivity index (χ2v) is 4.44. The van der Waals surface area contributed by atoms with Gasteiger partial charge >= 0.3 is 0 Å². The van der Waals surface area contributed by atoms with Crippen molar-refractivity contribution in [1.82, 2.24) is 0 Å². The number of nitrogens with zero attached hydrogens (tertiary/aromatic N) is 1. The molecule has 0 fully saturated rings. The van der Waals surface area contributed by atoms with Gasteiger partial charge in [-0.1, -0.05) is 42.0 Å². The SMILES string of the molecule is Cc1ccc(C(Cl)c2ccc(C#N)cc2)cc1. The molecule has 0 bridgehead atoms. The van der Waals surface area contributed by atoms with Gasteiger partial charge in [-0.05, 0) is 30.2 Å². The highest BCUT2D eigenvalue weighted by molar-refractivity contribution is 6.22. The van der Waals surface area contributed by atoms with Gasteiger partial charge in [0.25, 0.3) is 0 Å². The Morgan fingerprint density at radius 1 is 0.941 bits per heavy atom. The molecule has 0 N–H and O–H groups in total. The Morgan fingerprint density at radius 3 is 1.88 bits per heavy atom. The lowest BCUT2D eigenvalue weighted by Crippen LogP contribution is -1.93. The smallest absolute Gasteiger partial charge is 0.0991 e. The van der Waals surface area contributed by atoms with Crippen molar-refractivity contribution in [1.29, 1.82) is 5.26 Å². The average molecular weight is 242 g/mol. The minimum absolute atomic E-state index is 0.164. The molecule has 0 spiro atoms. The Kier molecular flexibility index (Phi) is 3.46. The van der Waals surface area contributed by atoms with E-state index < -0.39 is 0 Å². The molecule has 2 rings (SSSR count). The molecule has 0 aromatic heterocycles. The van der Waals surface area contributed by atoms with E-state index in [1.165, 1.54) is 5.56 Å². The number of alkyl halides is 1. The van der Waals surface area contributed by atoms with Gasteiger partial charge in [-0.2, -0.15) is 5.26 Å². The van der Waals surface area contributed by atoms with E-state index in [1.807, 2.05) is 36.4 Å². The molecule has 0 amide bonds. The lowest BCUT2D eigenvalue weighted by Gasteiger charge is -2.10. The first-order valence-electron chi connectivity index (χ1n) is 5.41. The number of aryl methyl sites for hydroxylation is 1. The molecule has 2 aromatic rings. The standard InChI is InChI=1S/C15H12ClN/c1-11-2-6-13(7-3-11)15(16)14-8-4-12(10-17)5-9-14/h2-9,15H,1H3. The maximum Gasteiger partial charge on any atom is 0.0991 e. The molecular weight excluding hydrogens is 230 g/mol. The van der Waals surface area contributed by atoms with E-state index in [1.54, 1.807) is 12.1 Å². The van der Waals surface area contributed by atoms with E-state index in [2.05, 4.69) is 13.0 Å². The van der Waals surface area contributed by atoms with E-state index in [4.69, 9.17) is 16.9 Å². The van der Waals surface area contributed by atoms with E-state index in [0.717, 1.165) is 11.1 Å². The van der Waals surface area contributed by atoms with Crippen LogP contribution in [0.15, 0.2) is 48.5 Å². The van der Waals surface area contributed by atoms with Gasteiger partial charge in [-0.3, -0.25) is 0 Å². The normalized spacial score (nSPS) is 11.8. The first kappa shape index (κ1) is 11.7. The summed E-state index contributed by atoms with van der Waals surface area (Å²) < 4.78 is 0. The number of halogens is 1. The number of rotatable bonds is 2. The first-order chi connectivity index (χ1) is 8.20. The van der Waals surface area contributed by atoms with Crippen LogP contribution in [0, 0.1) is 18.3 Å². The minimum Gasteiger partial charge on any atom is -0.192 e. The van der Waals surface area contributed by atoms with E-state index in [9.17, 15) is 0 Å². The van der Waals surface area contributed by atoms with Crippen LogP contribution in [-0.2, 0) is 0 Å². The predicted molar refractivity (Wildman–Crippen MR) is 70.0 cm³/mol. The molecular formula is C15H12ClN. The predicted octanol–water partition coefficient (Wildman–Crippen LogP) is 4.19. The Labute approximate surface area is 106 Å². The lowest BCUT2D eigenvalue weighted by molar-refractivity contribution is 1.13. The summed E-state index contributed by atoms with van der Waals surface area (Å²) in [4.78, 5) is 0. The Hall–Kier alpha value is -1.78. The summed E-state index contributed by atoms with van der Waals surface area (Å²) in [7, 11) is 0. The Morgan fingerprint density at radius 2 is 1.41 bits per heavy atom. The molecule has 0 aliphatic heterocycles. The molecule has 0 saturated heterocycles. The fourth-order valence-electron chi connectivity index (χ4n) is 1.65. The zero-order valence-electron chi connectivity index (χ0n) is 9.52. The van der Waals surface area contributed by atoms with Gasteiger partial charge in [0.2, 0.25) is 0 Å². The van der Waals surface area contributed by atoms with Crippen LogP contribution in [0.2, 0.25) is 0 Å². The second kappa shape index (κ2) is 5.03. The summed E-state index contributed by atoms with van der Waals surface area (Å²) in [5.74, 6) is 0. The van der Waals surface area contributed by atoms with Gasteiger partial charge in [0.05, 0.1) is 17.0 Å². The largest absolute Gasteiger partial charge is 0.192 e. The Bertz CT molecular complexity index is 535. The van der Waals surface area contributed by atoms with Gasteiger partial charge in [-0.15, -0.1) is 11.6 Å². The van der Waals surface area contributed by atoms with Crippen LogP contribution in [0.4, 0.5) is 0 Å². The average Bonchev–Trinajstić information content (AvgIpc) is 2.39. The van der Waals surface area contributed by atoms with Crippen LogP contribution in [-0.4, -0.2) is 0 Å². The highest BCUT2D eigenvalue weighted by Crippen LogP contribution is 2.28. The number of benzene rings is 2. The minimum atomic E-state index is -0.164. The van der Waals surface area contributed by atoms with E-state index in [0.29, 0.717) is 5.56 Å². The second-order valence-electron chi connectivity index (χ2n) is 4.01. The summed E-state index contributed by atoms with van der Waals surface area (Å²) >= 11 is 6.40. The molecule has 1 unspecified atom stereocenters. The van der Waals surface area contributed by atoms with Gasteiger partial charge < -0.3 is 0 Å². The van der Waals surface area contributed by atoms with Crippen LogP contribution in [0.5, 0.6) is 0 Å². The van der Waals surface area contributed by atoms with E-state index >= 15 is 0 Å². The number of hydrogen-bond donors (Lipinski definition) is 0. The van der Waals surface area contributed by atoms with Crippen molar-refractivity contribution in [2.75, 3.05) is 0 Å². The summed E-state index contributed by atoms with van der Waals surface area (Å²) in [5, 5.41) is 8.57. The van der Waals surface area contributed by atoms with Crippen molar-refractivity contribution in [3.8, 4) is 6.07 Å². The monoisotopic (exact) mass is 241 g/mol. The molecule has 17 heavy (non-hydrogen) atoms. The lowest BCUT2D eigenvalue weighted by atomic mass is 10.0. The fourth-order valence-corrected chi connectivity index (χ4v) is 1.95. The van der Waals surface area contributed by atoms with E-state index in [-0.39, 0.29) is 5.38 Å². The third-order valence-corrected chi connectivity index (χ3v) is 3.21. The number of nitriles is 1. The van der Waals surface area contributed by atoms with Crippen molar-refractivity contribution in [2.24, 2.45) is 0 Å². The molecule has 0 aliphatic carbocycles. The number of hydrogen-bond acceptors (Lipinski definition) is 1. The van der Waals surface area contributed by atoms with Crippen LogP contribution >= 0.6 is 11.6 Å². The molecule has 2 heteroatoms. The van der Waals surface area contributed by atoms with Gasteiger partial charge in [0.15, 0.2) is 0 Å². The van der Waals surface area contributed by atoms with Gasteiger partial charge in [0, 0.05) is 0 Å². The first-order valence-corrected chi connectivity index (χ1v) is 5.85. The molecule has 0 heterocycles. The van der Waals surface area contributed by atoms with Gasteiger partial charge in [0.1, 0.15) is 0 Å². The molecule has 0 aliphatic rings. The van der Waals surface area contributed by atoms with Crippen molar-refractivity contribution in [2.45, 2.75) is 12.3 Å². The van der Waals surface area contributed by atoms with Crippen molar-refractivity contribution >= 4 is 11.6 Å². The molecule has 1 atom stereocenters. The van der Waals surface area contributed by atoms with Crippen LogP contribution in [0.25, 0.3) is 0 Å². The fraction of sp³-hybridized carbons (Fsp3) is 0.133.